The molecule has 0 amide bonds. The molecule has 1 aromatic carbocycles. The van der Waals surface area contributed by atoms with Crippen LogP contribution < -0.4 is 9.47 Å². The van der Waals surface area contributed by atoms with E-state index in [1.807, 2.05) is 0 Å². The summed E-state index contributed by atoms with van der Waals surface area (Å²) in [6, 6.07) is 4.16. The predicted molar refractivity (Wildman–Crippen MR) is 50.9 cm³/mol. The standard InChI is InChI=1S/C9H8N2O4/c1-14-8-3-6(5-10)7(11(12)13)4-9(8)15-2/h3-4H,1-2H3. The Balaban J connectivity index is 3.42. The molecule has 78 valence electrons. The summed E-state index contributed by atoms with van der Waals surface area (Å²) in [7, 11) is 2.76. The molecule has 0 atom stereocenters. The second-order valence-electron chi connectivity index (χ2n) is 2.59. The van der Waals surface area contributed by atoms with E-state index < -0.39 is 4.92 Å². The van der Waals surface area contributed by atoms with Crippen molar-refractivity contribution in [3.63, 3.8) is 0 Å². The van der Waals surface area contributed by atoms with Gasteiger partial charge < -0.3 is 9.47 Å². The maximum atomic E-state index is 10.6. The van der Waals surface area contributed by atoms with Crippen LogP contribution in [0.2, 0.25) is 0 Å². The Hall–Kier alpha value is -2.29. The van der Waals surface area contributed by atoms with Crippen molar-refractivity contribution in [1.82, 2.24) is 0 Å². The summed E-state index contributed by atoms with van der Waals surface area (Å²) in [4.78, 5) is 9.97. The number of nitro groups is 1. The van der Waals surface area contributed by atoms with Gasteiger partial charge in [-0.3, -0.25) is 10.1 Å². The summed E-state index contributed by atoms with van der Waals surface area (Å²) < 4.78 is 9.80. The molecule has 0 N–H and O–H groups in total. The van der Waals surface area contributed by atoms with E-state index in [4.69, 9.17) is 14.7 Å². The number of benzene rings is 1. The monoisotopic (exact) mass is 208 g/mol. The third kappa shape index (κ3) is 1.96. The number of hydrogen-bond donors (Lipinski definition) is 0. The molecular weight excluding hydrogens is 200 g/mol. The van der Waals surface area contributed by atoms with Crippen molar-refractivity contribution in [3.05, 3.63) is 27.8 Å². The van der Waals surface area contributed by atoms with Crippen LogP contribution in [0.5, 0.6) is 11.5 Å². The van der Waals surface area contributed by atoms with Gasteiger partial charge in [0.2, 0.25) is 0 Å². The lowest BCUT2D eigenvalue weighted by molar-refractivity contribution is -0.385. The van der Waals surface area contributed by atoms with E-state index >= 15 is 0 Å². The van der Waals surface area contributed by atoms with Gasteiger partial charge in [0.1, 0.15) is 11.6 Å². The van der Waals surface area contributed by atoms with Crippen molar-refractivity contribution in [2.75, 3.05) is 14.2 Å². The minimum Gasteiger partial charge on any atom is -0.493 e. The van der Waals surface area contributed by atoms with Gasteiger partial charge in [-0.25, -0.2) is 0 Å². The lowest BCUT2D eigenvalue weighted by atomic mass is 10.1. The zero-order valence-corrected chi connectivity index (χ0v) is 8.18. The van der Waals surface area contributed by atoms with Gasteiger partial charge in [-0.2, -0.15) is 5.26 Å². The highest BCUT2D eigenvalue weighted by Gasteiger charge is 2.18. The molecule has 0 saturated heterocycles. The molecule has 1 aromatic rings. The lowest BCUT2D eigenvalue weighted by Gasteiger charge is -2.07. The van der Waals surface area contributed by atoms with E-state index in [0.29, 0.717) is 5.75 Å². The number of nitriles is 1. The molecular formula is C9H8N2O4. The Morgan fingerprint density at radius 3 is 2.27 bits per heavy atom. The normalized spacial score (nSPS) is 9.13. The predicted octanol–water partition coefficient (Wildman–Crippen LogP) is 1.48. The van der Waals surface area contributed by atoms with Gasteiger partial charge in [0.15, 0.2) is 11.5 Å². The summed E-state index contributed by atoms with van der Waals surface area (Å²) in [6.07, 6.45) is 0. The second-order valence-corrected chi connectivity index (χ2v) is 2.59. The molecule has 6 nitrogen and oxygen atoms in total. The molecule has 6 heteroatoms. The number of hydrogen-bond acceptors (Lipinski definition) is 5. The van der Waals surface area contributed by atoms with Crippen LogP contribution in [-0.2, 0) is 0 Å². The van der Waals surface area contributed by atoms with Crippen molar-refractivity contribution in [2.45, 2.75) is 0 Å². The van der Waals surface area contributed by atoms with Crippen LogP contribution in [0.15, 0.2) is 12.1 Å². The van der Waals surface area contributed by atoms with Crippen LogP contribution >= 0.6 is 0 Å². The fourth-order valence-electron chi connectivity index (χ4n) is 1.11. The summed E-state index contributed by atoms with van der Waals surface area (Å²) in [6.45, 7) is 0. The number of rotatable bonds is 3. The number of nitro benzene ring substituents is 1. The maximum absolute atomic E-state index is 10.6. The SMILES string of the molecule is COc1cc(C#N)c([N+](=O)[O-])cc1OC. The molecule has 0 bridgehead atoms. The molecule has 15 heavy (non-hydrogen) atoms. The summed E-state index contributed by atoms with van der Waals surface area (Å²) in [5, 5.41) is 19.3. The van der Waals surface area contributed by atoms with E-state index in [0.717, 1.165) is 6.07 Å². The Morgan fingerprint density at radius 2 is 1.87 bits per heavy atom. The number of methoxy groups -OCH3 is 2. The highest BCUT2D eigenvalue weighted by molar-refractivity contribution is 5.58. The van der Waals surface area contributed by atoms with E-state index in [2.05, 4.69) is 0 Å². The van der Waals surface area contributed by atoms with Crippen molar-refractivity contribution < 1.29 is 14.4 Å². The van der Waals surface area contributed by atoms with E-state index in [1.54, 1.807) is 6.07 Å². The van der Waals surface area contributed by atoms with E-state index in [1.165, 1.54) is 20.3 Å². The van der Waals surface area contributed by atoms with Crippen LogP contribution in [0, 0.1) is 21.4 Å². The molecule has 0 aliphatic rings. The number of nitrogens with zero attached hydrogens (tertiary/aromatic N) is 2. The Bertz CT molecular complexity index is 436. The smallest absolute Gasteiger partial charge is 0.291 e. The second kappa shape index (κ2) is 4.28. The molecule has 0 aliphatic heterocycles. The van der Waals surface area contributed by atoms with E-state index in [-0.39, 0.29) is 17.0 Å². The first-order chi connectivity index (χ1) is 7.13. The molecule has 0 fully saturated rings. The molecule has 0 saturated carbocycles. The van der Waals surface area contributed by atoms with Crippen LogP contribution in [0.4, 0.5) is 5.69 Å². The first-order valence-corrected chi connectivity index (χ1v) is 3.94. The fourth-order valence-corrected chi connectivity index (χ4v) is 1.11. The summed E-state index contributed by atoms with van der Waals surface area (Å²) in [5.74, 6) is 0.517. The quantitative estimate of drug-likeness (QED) is 0.554. The average Bonchev–Trinajstić information content (AvgIpc) is 2.26. The average molecular weight is 208 g/mol. The highest BCUT2D eigenvalue weighted by atomic mass is 16.6. The van der Waals surface area contributed by atoms with Gasteiger partial charge >= 0.3 is 0 Å². The third-order valence-electron chi connectivity index (χ3n) is 1.82. The van der Waals surface area contributed by atoms with Crippen LogP contribution in [0.3, 0.4) is 0 Å². The van der Waals surface area contributed by atoms with E-state index in [9.17, 15) is 10.1 Å². The minimum absolute atomic E-state index is 0.0577. The zero-order chi connectivity index (χ0) is 11.4. The van der Waals surface area contributed by atoms with Gasteiger partial charge in [0.25, 0.3) is 5.69 Å². The summed E-state index contributed by atoms with van der Waals surface area (Å²) in [5.41, 5.74) is -0.354. The van der Waals surface area contributed by atoms with Gasteiger partial charge in [-0.15, -0.1) is 0 Å². The zero-order valence-electron chi connectivity index (χ0n) is 8.18. The topological polar surface area (TPSA) is 85.4 Å². The largest absolute Gasteiger partial charge is 0.493 e. The van der Waals surface area contributed by atoms with Gasteiger partial charge in [0, 0.05) is 6.07 Å². The maximum Gasteiger partial charge on any atom is 0.291 e. The first-order valence-electron chi connectivity index (χ1n) is 3.94. The molecule has 1 rings (SSSR count). The molecule has 0 unspecified atom stereocenters. The van der Waals surface area contributed by atoms with Gasteiger partial charge in [-0.05, 0) is 0 Å². The first kappa shape index (κ1) is 10.8. The van der Waals surface area contributed by atoms with Crippen LogP contribution in [0.1, 0.15) is 5.56 Å². The van der Waals surface area contributed by atoms with Crippen molar-refractivity contribution >= 4 is 5.69 Å². The van der Waals surface area contributed by atoms with Crippen molar-refractivity contribution in [1.29, 1.82) is 5.26 Å². The molecule has 0 aliphatic carbocycles. The Labute approximate surface area is 85.8 Å². The molecule has 0 aromatic heterocycles. The third-order valence-corrected chi connectivity index (χ3v) is 1.82. The van der Waals surface area contributed by atoms with Crippen LogP contribution in [0.25, 0.3) is 0 Å². The Morgan fingerprint density at radius 1 is 1.33 bits per heavy atom. The molecule has 0 heterocycles. The van der Waals surface area contributed by atoms with Gasteiger partial charge in [0.05, 0.1) is 25.2 Å². The lowest BCUT2D eigenvalue weighted by Crippen LogP contribution is -1.96. The van der Waals surface area contributed by atoms with Crippen LogP contribution in [-0.4, -0.2) is 19.1 Å². The molecule has 0 radical (unpaired) electrons. The molecule has 0 spiro atoms. The van der Waals surface area contributed by atoms with Gasteiger partial charge in [-0.1, -0.05) is 0 Å². The Kier molecular flexibility index (Phi) is 3.08. The van der Waals surface area contributed by atoms with Crippen molar-refractivity contribution in [2.24, 2.45) is 0 Å². The van der Waals surface area contributed by atoms with Crippen molar-refractivity contribution in [3.8, 4) is 17.6 Å². The summed E-state index contributed by atoms with van der Waals surface area (Å²) >= 11 is 0. The minimum atomic E-state index is -0.638. The fraction of sp³-hybridized carbons (Fsp3) is 0.222. The highest BCUT2D eigenvalue weighted by Crippen LogP contribution is 2.33. The number of ether oxygens (including phenoxy) is 2.